The van der Waals surface area contributed by atoms with Gasteiger partial charge in [-0.05, 0) is 36.5 Å². The minimum Gasteiger partial charge on any atom is -0.478 e. The summed E-state index contributed by atoms with van der Waals surface area (Å²) in [5, 5.41) is 16.1. The van der Waals surface area contributed by atoms with E-state index in [1.165, 1.54) is 24.3 Å². The number of halogens is 4. The van der Waals surface area contributed by atoms with Gasteiger partial charge in [-0.25, -0.2) is 9.18 Å². The maximum Gasteiger partial charge on any atom is 0.335 e. The molecule has 0 saturated carbocycles. The van der Waals surface area contributed by atoms with Gasteiger partial charge in [0.25, 0.3) is 5.91 Å². The zero-order valence-electron chi connectivity index (χ0n) is 11.3. The summed E-state index contributed by atoms with van der Waals surface area (Å²) < 4.78 is 10.3. The van der Waals surface area contributed by atoms with Crippen molar-refractivity contribution in [3.05, 3.63) is 29.8 Å². The van der Waals surface area contributed by atoms with Gasteiger partial charge in [-0.2, -0.15) is 0 Å². The molecule has 0 unspecified atom stereocenters. The summed E-state index contributed by atoms with van der Waals surface area (Å²) in [7, 11) is 0. The van der Waals surface area contributed by atoms with Gasteiger partial charge in [0.1, 0.15) is 6.17 Å². The van der Waals surface area contributed by atoms with Crippen molar-refractivity contribution >= 4 is 69.7 Å². The SMILES string of the molecule is O=C(CF)N[C@H](NC(=S)Nc1ccc(C(=O)O)cc1)C(Cl)(Cl)Cl. The first-order valence-electron chi connectivity index (χ1n) is 5.96. The Morgan fingerprint density at radius 1 is 1.22 bits per heavy atom. The smallest absolute Gasteiger partial charge is 0.335 e. The van der Waals surface area contributed by atoms with Crippen molar-refractivity contribution in [3.8, 4) is 0 Å². The quantitative estimate of drug-likeness (QED) is 0.344. The number of hydrogen-bond donors (Lipinski definition) is 4. The predicted molar refractivity (Wildman–Crippen MR) is 91.0 cm³/mol. The van der Waals surface area contributed by atoms with Crippen molar-refractivity contribution < 1.29 is 19.1 Å². The number of rotatable bonds is 5. The van der Waals surface area contributed by atoms with E-state index in [2.05, 4.69) is 16.0 Å². The van der Waals surface area contributed by atoms with Gasteiger partial charge in [-0.3, -0.25) is 4.79 Å². The summed E-state index contributed by atoms with van der Waals surface area (Å²) in [5.74, 6) is -2.05. The zero-order chi connectivity index (χ0) is 17.6. The fourth-order valence-electron chi connectivity index (χ4n) is 1.39. The minimum atomic E-state index is -1.98. The number of benzene rings is 1. The molecule has 11 heteroatoms. The molecular weight excluding hydrogens is 392 g/mol. The topological polar surface area (TPSA) is 90.5 Å². The molecule has 1 amide bonds. The average Bonchev–Trinajstić information content (AvgIpc) is 2.45. The molecule has 0 aromatic heterocycles. The van der Waals surface area contributed by atoms with Crippen LogP contribution in [0.4, 0.5) is 10.1 Å². The largest absolute Gasteiger partial charge is 0.478 e. The number of anilines is 1. The van der Waals surface area contributed by atoms with Crippen LogP contribution in [0.3, 0.4) is 0 Å². The van der Waals surface area contributed by atoms with Crippen molar-refractivity contribution in [1.29, 1.82) is 0 Å². The molecule has 0 spiro atoms. The molecule has 6 nitrogen and oxygen atoms in total. The maximum absolute atomic E-state index is 12.3. The Labute approximate surface area is 151 Å². The van der Waals surface area contributed by atoms with Crippen LogP contribution in [0.1, 0.15) is 10.4 Å². The fourth-order valence-corrected chi connectivity index (χ4v) is 1.96. The zero-order valence-corrected chi connectivity index (χ0v) is 14.4. The molecule has 1 aromatic rings. The summed E-state index contributed by atoms with van der Waals surface area (Å²) in [6.45, 7) is -1.28. The lowest BCUT2D eigenvalue weighted by molar-refractivity contribution is -0.122. The number of carboxylic acid groups (broad SMARTS) is 1. The fraction of sp³-hybridized carbons (Fsp3) is 0.250. The van der Waals surface area contributed by atoms with Gasteiger partial charge >= 0.3 is 5.97 Å². The van der Waals surface area contributed by atoms with Crippen LogP contribution in [-0.4, -0.2) is 38.7 Å². The van der Waals surface area contributed by atoms with E-state index in [1.807, 2.05) is 0 Å². The van der Waals surface area contributed by atoms with Gasteiger partial charge in [0, 0.05) is 5.69 Å². The van der Waals surface area contributed by atoms with Crippen molar-refractivity contribution in [2.45, 2.75) is 9.96 Å². The molecule has 0 bridgehead atoms. The van der Waals surface area contributed by atoms with Crippen LogP contribution >= 0.6 is 47.0 Å². The lowest BCUT2D eigenvalue weighted by Gasteiger charge is -2.27. The number of nitrogens with one attached hydrogen (secondary N) is 3. The van der Waals surface area contributed by atoms with Gasteiger partial charge in [-0.1, -0.05) is 34.8 Å². The Kier molecular flexibility index (Phi) is 7.27. The third-order valence-corrected chi connectivity index (χ3v) is 3.29. The van der Waals surface area contributed by atoms with Gasteiger partial charge < -0.3 is 21.1 Å². The van der Waals surface area contributed by atoms with Gasteiger partial charge in [0.05, 0.1) is 5.56 Å². The van der Waals surface area contributed by atoms with Crippen LogP contribution in [0, 0.1) is 0 Å². The normalized spacial score (nSPS) is 12.2. The summed E-state index contributed by atoms with van der Waals surface area (Å²) >= 11 is 22.0. The number of aromatic carboxylic acids is 1. The number of hydrogen-bond acceptors (Lipinski definition) is 3. The molecule has 0 aliphatic carbocycles. The minimum absolute atomic E-state index is 0.0245. The monoisotopic (exact) mass is 401 g/mol. The molecule has 23 heavy (non-hydrogen) atoms. The first-order valence-corrected chi connectivity index (χ1v) is 7.50. The van der Waals surface area contributed by atoms with Gasteiger partial charge in [-0.15, -0.1) is 0 Å². The second-order valence-electron chi connectivity index (χ2n) is 4.16. The molecule has 0 radical (unpaired) electrons. The molecule has 0 aliphatic rings. The molecule has 0 heterocycles. The lowest BCUT2D eigenvalue weighted by atomic mass is 10.2. The second-order valence-corrected chi connectivity index (χ2v) is 6.93. The van der Waals surface area contributed by atoms with Crippen molar-refractivity contribution in [2.24, 2.45) is 0 Å². The van der Waals surface area contributed by atoms with E-state index in [0.29, 0.717) is 5.69 Å². The van der Waals surface area contributed by atoms with Crippen LogP contribution in [-0.2, 0) is 4.79 Å². The summed E-state index contributed by atoms with van der Waals surface area (Å²) in [6.07, 6.45) is -1.27. The standard InChI is InChI=1S/C12H11Cl3FN3O3S/c13-12(14,15)10(18-8(20)5-16)19-11(23)17-7-3-1-6(2-4-7)9(21)22/h1-4,10H,5H2,(H,18,20)(H,21,22)(H2,17,19,23)/t10-/m1/s1. The second kappa shape index (κ2) is 8.49. The Morgan fingerprint density at radius 2 is 1.78 bits per heavy atom. The first kappa shape index (κ1) is 19.7. The van der Waals surface area contributed by atoms with Crippen molar-refractivity contribution in [1.82, 2.24) is 10.6 Å². The molecule has 4 N–H and O–H groups in total. The van der Waals surface area contributed by atoms with Gasteiger partial charge in [0.15, 0.2) is 11.8 Å². The van der Waals surface area contributed by atoms with Crippen LogP contribution in [0.15, 0.2) is 24.3 Å². The third kappa shape index (κ3) is 6.74. The maximum atomic E-state index is 12.3. The van der Waals surface area contributed by atoms with E-state index in [0.717, 1.165) is 0 Å². The predicted octanol–water partition coefficient (Wildman–Crippen LogP) is 2.45. The molecular formula is C12H11Cl3FN3O3S. The van der Waals surface area contributed by atoms with E-state index < -0.39 is 28.5 Å². The highest BCUT2D eigenvalue weighted by atomic mass is 35.6. The van der Waals surface area contributed by atoms with E-state index in [1.54, 1.807) is 0 Å². The number of carboxylic acids is 1. The third-order valence-electron chi connectivity index (χ3n) is 2.42. The van der Waals surface area contributed by atoms with Crippen LogP contribution in [0.2, 0.25) is 0 Å². The Hall–Kier alpha value is -1.35. The number of carbonyl (C=O) groups excluding carboxylic acids is 1. The molecule has 0 fully saturated rings. The molecule has 126 valence electrons. The summed E-state index contributed by atoms with van der Waals surface area (Å²) in [5.41, 5.74) is 0.566. The van der Waals surface area contributed by atoms with E-state index in [9.17, 15) is 14.0 Å². The highest BCUT2D eigenvalue weighted by molar-refractivity contribution is 7.80. The van der Waals surface area contributed by atoms with Crippen molar-refractivity contribution in [2.75, 3.05) is 12.0 Å². The number of carbonyl (C=O) groups is 2. The Bertz CT molecular complexity index is 595. The highest BCUT2D eigenvalue weighted by Crippen LogP contribution is 2.29. The lowest BCUT2D eigenvalue weighted by Crippen LogP contribution is -2.56. The average molecular weight is 403 g/mol. The highest BCUT2D eigenvalue weighted by Gasteiger charge is 2.34. The van der Waals surface area contributed by atoms with E-state index in [-0.39, 0.29) is 10.7 Å². The molecule has 0 saturated heterocycles. The molecule has 1 atom stereocenters. The Morgan fingerprint density at radius 3 is 2.22 bits per heavy atom. The van der Waals surface area contributed by atoms with Gasteiger partial charge in [0.2, 0.25) is 3.79 Å². The molecule has 1 aromatic carbocycles. The number of amides is 1. The van der Waals surface area contributed by atoms with Crippen LogP contribution < -0.4 is 16.0 Å². The van der Waals surface area contributed by atoms with E-state index >= 15 is 0 Å². The number of thiocarbonyl (C=S) groups is 1. The molecule has 0 aliphatic heterocycles. The summed E-state index contributed by atoms with van der Waals surface area (Å²) in [6, 6.07) is 5.68. The Balaban J connectivity index is 2.71. The van der Waals surface area contributed by atoms with E-state index in [4.69, 9.17) is 52.1 Å². The number of alkyl halides is 4. The van der Waals surface area contributed by atoms with Crippen LogP contribution in [0.5, 0.6) is 0 Å². The van der Waals surface area contributed by atoms with Crippen molar-refractivity contribution in [3.63, 3.8) is 0 Å². The summed E-state index contributed by atoms with van der Waals surface area (Å²) in [4.78, 5) is 21.8. The molecule has 1 rings (SSSR count). The van der Waals surface area contributed by atoms with Crippen LogP contribution in [0.25, 0.3) is 0 Å². The first-order chi connectivity index (χ1) is 10.6.